The first kappa shape index (κ1) is 24.1. The minimum absolute atomic E-state index is 0. The van der Waals surface area contributed by atoms with Crippen molar-refractivity contribution in [3.05, 3.63) is 40.2 Å². The fraction of sp³-hybridized carbons (Fsp3) is 0.300. The van der Waals surface area contributed by atoms with E-state index in [0.29, 0.717) is 37.5 Å². The molecule has 1 amide bonds. The van der Waals surface area contributed by atoms with Gasteiger partial charge in [-0.05, 0) is 30.5 Å². The molecule has 32 heavy (non-hydrogen) atoms. The van der Waals surface area contributed by atoms with Crippen LogP contribution in [0.15, 0.2) is 23.6 Å². The second-order valence-electron chi connectivity index (χ2n) is 6.75. The molecule has 0 spiro atoms. The van der Waals surface area contributed by atoms with Gasteiger partial charge in [-0.15, -0.1) is 23.7 Å². The first-order valence-electron chi connectivity index (χ1n) is 9.50. The van der Waals surface area contributed by atoms with E-state index >= 15 is 0 Å². The van der Waals surface area contributed by atoms with Crippen molar-refractivity contribution in [1.82, 2.24) is 14.9 Å². The maximum atomic E-state index is 14.5. The van der Waals surface area contributed by atoms with Gasteiger partial charge < -0.3 is 14.5 Å². The van der Waals surface area contributed by atoms with Crippen LogP contribution in [-0.4, -0.2) is 59.5 Å². The van der Waals surface area contributed by atoms with Gasteiger partial charge in [0.1, 0.15) is 11.6 Å². The van der Waals surface area contributed by atoms with Crippen LogP contribution in [0.25, 0.3) is 21.6 Å². The molecule has 2 aromatic heterocycles. The number of amides is 1. The number of thiophene rings is 1. The lowest BCUT2D eigenvalue weighted by atomic mass is 10.2. The fourth-order valence-electron chi connectivity index (χ4n) is 3.32. The smallest absolute Gasteiger partial charge is 0.397 e. The minimum Gasteiger partial charge on any atom is -0.459 e. The molecule has 1 aromatic carbocycles. The summed E-state index contributed by atoms with van der Waals surface area (Å²) in [7, 11) is 0. The van der Waals surface area contributed by atoms with E-state index in [1.54, 1.807) is 13.0 Å². The van der Waals surface area contributed by atoms with E-state index in [-0.39, 0.29) is 35.4 Å². The van der Waals surface area contributed by atoms with Crippen molar-refractivity contribution in [2.75, 3.05) is 37.7 Å². The number of anilines is 1. The fourth-order valence-corrected chi connectivity index (χ4v) is 4.32. The maximum absolute atomic E-state index is 14.5. The van der Waals surface area contributed by atoms with E-state index in [9.17, 15) is 18.4 Å². The van der Waals surface area contributed by atoms with Crippen molar-refractivity contribution >= 4 is 63.3 Å². The normalized spacial score (nSPS) is 13.8. The summed E-state index contributed by atoms with van der Waals surface area (Å²) in [4.78, 5) is 36.1. The summed E-state index contributed by atoms with van der Waals surface area (Å²) < 4.78 is 34.0. The predicted octanol–water partition coefficient (Wildman–Crippen LogP) is 3.92. The van der Waals surface area contributed by atoms with Crippen molar-refractivity contribution in [1.29, 1.82) is 0 Å². The third-order valence-electron chi connectivity index (χ3n) is 4.85. The van der Waals surface area contributed by atoms with Crippen molar-refractivity contribution in [3.63, 3.8) is 0 Å². The zero-order valence-corrected chi connectivity index (χ0v) is 19.2. The SMILES string of the molecule is CCOC(=O)C(=O)N1CCN(c2nc(-c3cc(F)c(Cl)cc3F)nc3ccsc23)CC1.Cl. The Hall–Kier alpha value is -2.56. The quantitative estimate of drug-likeness (QED) is 0.307. The standard InChI is InChI=1S/C20H17ClF2N4O3S.ClH/c1-2-30-20(29)19(28)27-6-4-26(5-7-27)18-16-15(3-8-31-16)24-17(25-18)11-9-14(23)12(21)10-13(11)22;/h3,8-10H,2,4-7H2,1H3;1H. The summed E-state index contributed by atoms with van der Waals surface area (Å²) in [5, 5.41) is 1.52. The molecule has 1 fully saturated rings. The van der Waals surface area contributed by atoms with E-state index in [2.05, 4.69) is 9.97 Å². The Bertz CT molecular complexity index is 1170. The highest BCUT2D eigenvalue weighted by Gasteiger charge is 2.29. The number of carbonyl (C=O) groups is 2. The number of halogens is 4. The molecule has 0 bridgehead atoms. The molecule has 3 aromatic rings. The summed E-state index contributed by atoms with van der Waals surface area (Å²) in [6.45, 7) is 3.18. The molecule has 4 rings (SSSR count). The van der Waals surface area contributed by atoms with E-state index in [1.165, 1.54) is 16.2 Å². The molecular weight excluding hydrogens is 485 g/mol. The number of piperazine rings is 1. The second kappa shape index (κ2) is 9.93. The zero-order chi connectivity index (χ0) is 22.1. The van der Waals surface area contributed by atoms with Gasteiger partial charge in [-0.3, -0.25) is 4.79 Å². The minimum atomic E-state index is -0.874. The molecular formula is C20H18Cl2F2N4O3S. The number of hydrogen-bond acceptors (Lipinski definition) is 7. The Kier molecular flexibility index (Phi) is 7.47. The van der Waals surface area contributed by atoms with Gasteiger partial charge in [0.2, 0.25) is 0 Å². The first-order chi connectivity index (χ1) is 14.9. The Balaban J connectivity index is 0.00000289. The lowest BCUT2D eigenvalue weighted by Gasteiger charge is -2.35. The summed E-state index contributed by atoms with van der Waals surface area (Å²) in [5.74, 6) is -2.44. The van der Waals surface area contributed by atoms with Crippen molar-refractivity contribution in [2.24, 2.45) is 0 Å². The number of ether oxygens (including phenoxy) is 1. The lowest BCUT2D eigenvalue weighted by Crippen LogP contribution is -2.51. The van der Waals surface area contributed by atoms with Crippen LogP contribution in [0.4, 0.5) is 14.6 Å². The Labute approximate surface area is 197 Å². The molecule has 12 heteroatoms. The Morgan fingerprint density at radius 3 is 2.56 bits per heavy atom. The van der Waals surface area contributed by atoms with Crippen LogP contribution in [0.5, 0.6) is 0 Å². The second-order valence-corrected chi connectivity index (χ2v) is 8.07. The zero-order valence-electron chi connectivity index (χ0n) is 16.8. The van der Waals surface area contributed by atoms with Gasteiger partial charge in [-0.2, -0.15) is 0 Å². The molecule has 0 atom stereocenters. The lowest BCUT2D eigenvalue weighted by molar-refractivity contribution is -0.160. The van der Waals surface area contributed by atoms with Gasteiger partial charge in [0.15, 0.2) is 11.6 Å². The predicted molar refractivity (Wildman–Crippen MR) is 120 cm³/mol. The first-order valence-corrected chi connectivity index (χ1v) is 10.8. The molecule has 0 unspecified atom stereocenters. The van der Waals surface area contributed by atoms with Gasteiger partial charge in [-0.25, -0.2) is 23.5 Å². The van der Waals surface area contributed by atoms with Crippen LogP contribution in [-0.2, 0) is 14.3 Å². The van der Waals surface area contributed by atoms with Crippen molar-refractivity contribution in [2.45, 2.75) is 6.92 Å². The summed E-state index contributed by atoms with van der Waals surface area (Å²) in [6, 6.07) is 3.65. The molecule has 1 saturated heterocycles. The third kappa shape index (κ3) is 4.62. The van der Waals surface area contributed by atoms with Crippen LogP contribution < -0.4 is 4.90 Å². The highest BCUT2D eigenvalue weighted by molar-refractivity contribution is 7.17. The molecule has 1 aliphatic heterocycles. The van der Waals surface area contributed by atoms with Crippen molar-refractivity contribution in [3.8, 4) is 11.4 Å². The van der Waals surface area contributed by atoms with Crippen LogP contribution in [0.1, 0.15) is 6.92 Å². The third-order valence-corrected chi connectivity index (χ3v) is 6.04. The molecule has 0 radical (unpaired) electrons. The number of nitrogens with zero attached hydrogens (tertiary/aromatic N) is 4. The summed E-state index contributed by atoms with van der Waals surface area (Å²) in [5.41, 5.74) is 0.511. The van der Waals surface area contributed by atoms with Gasteiger partial charge in [0, 0.05) is 26.2 Å². The van der Waals surface area contributed by atoms with Gasteiger partial charge in [0.05, 0.1) is 27.4 Å². The topological polar surface area (TPSA) is 75.6 Å². The van der Waals surface area contributed by atoms with E-state index in [4.69, 9.17) is 16.3 Å². The molecule has 3 heterocycles. The molecule has 7 nitrogen and oxygen atoms in total. The van der Waals surface area contributed by atoms with Crippen LogP contribution in [0.2, 0.25) is 5.02 Å². The Morgan fingerprint density at radius 1 is 1.16 bits per heavy atom. The van der Waals surface area contributed by atoms with Gasteiger partial charge in [-0.1, -0.05) is 11.6 Å². The number of hydrogen-bond donors (Lipinski definition) is 0. The van der Waals surface area contributed by atoms with E-state index in [1.807, 2.05) is 10.3 Å². The Morgan fingerprint density at radius 2 is 1.88 bits per heavy atom. The van der Waals surface area contributed by atoms with Crippen LogP contribution in [0, 0.1) is 11.6 Å². The highest BCUT2D eigenvalue weighted by Crippen LogP contribution is 2.33. The van der Waals surface area contributed by atoms with E-state index in [0.717, 1.165) is 16.8 Å². The number of esters is 1. The average Bonchev–Trinajstić information content (AvgIpc) is 3.24. The number of rotatable bonds is 3. The number of aromatic nitrogens is 2. The molecule has 0 N–H and O–H groups in total. The molecule has 0 aliphatic carbocycles. The molecule has 1 aliphatic rings. The average molecular weight is 503 g/mol. The van der Waals surface area contributed by atoms with Gasteiger partial charge >= 0.3 is 11.9 Å². The molecule has 170 valence electrons. The highest BCUT2D eigenvalue weighted by atomic mass is 35.5. The number of fused-ring (bicyclic) bond motifs is 1. The number of benzene rings is 1. The summed E-state index contributed by atoms with van der Waals surface area (Å²) >= 11 is 7.09. The number of carbonyl (C=O) groups excluding carboxylic acids is 2. The van der Waals surface area contributed by atoms with Crippen LogP contribution in [0.3, 0.4) is 0 Å². The summed E-state index contributed by atoms with van der Waals surface area (Å²) in [6.07, 6.45) is 0. The van der Waals surface area contributed by atoms with E-state index < -0.39 is 23.5 Å². The van der Waals surface area contributed by atoms with Gasteiger partial charge in [0.25, 0.3) is 0 Å². The monoisotopic (exact) mass is 502 g/mol. The van der Waals surface area contributed by atoms with Crippen molar-refractivity contribution < 1.29 is 23.1 Å². The molecule has 0 saturated carbocycles. The van der Waals surface area contributed by atoms with Crippen LogP contribution >= 0.6 is 35.3 Å². The maximum Gasteiger partial charge on any atom is 0.397 e. The largest absolute Gasteiger partial charge is 0.459 e.